The predicted molar refractivity (Wildman–Crippen MR) is 76.3 cm³/mol. The molecule has 1 amide bonds. The topological polar surface area (TPSA) is 66.4 Å². The first-order chi connectivity index (χ1) is 9.99. The molecule has 114 valence electrons. The highest BCUT2D eigenvalue weighted by molar-refractivity contribution is 5.80. The number of carbonyl (C=O) groups excluding carboxylic acids is 1. The molecule has 1 aromatic carbocycles. The normalized spacial score (nSPS) is 17.2. The molecule has 21 heavy (non-hydrogen) atoms. The van der Waals surface area contributed by atoms with Crippen LogP contribution < -0.4 is 5.32 Å². The van der Waals surface area contributed by atoms with Crippen LogP contribution >= 0.6 is 0 Å². The van der Waals surface area contributed by atoms with E-state index in [4.69, 9.17) is 5.11 Å². The number of carboxylic acids is 1. The van der Waals surface area contributed by atoms with Crippen molar-refractivity contribution >= 4 is 11.9 Å². The molecule has 5 heteroatoms. The molecule has 1 aliphatic carbocycles. The summed E-state index contributed by atoms with van der Waals surface area (Å²) in [5.41, 5.74) is -0.0529. The molecule has 1 fully saturated rings. The Morgan fingerprint density at radius 3 is 2.57 bits per heavy atom. The van der Waals surface area contributed by atoms with Gasteiger partial charge in [-0.05, 0) is 30.5 Å². The summed E-state index contributed by atoms with van der Waals surface area (Å²) in [7, 11) is 0. The zero-order valence-electron chi connectivity index (χ0n) is 11.9. The molecular formula is C16H20FNO3. The van der Waals surface area contributed by atoms with Gasteiger partial charge >= 0.3 is 5.97 Å². The smallest absolute Gasteiger partial charge is 0.305 e. The highest BCUT2D eigenvalue weighted by Crippen LogP contribution is 2.31. The van der Waals surface area contributed by atoms with E-state index in [1.165, 1.54) is 12.1 Å². The average molecular weight is 293 g/mol. The van der Waals surface area contributed by atoms with Crippen LogP contribution in [0.15, 0.2) is 24.3 Å². The summed E-state index contributed by atoms with van der Waals surface area (Å²) in [5, 5.41) is 12.0. The van der Waals surface area contributed by atoms with Crippen molar-refractivity contribution in [1.82, 2.24) is 5.32 Å². The molecule has 0 radical (unpaired) electrons. The molecule has 0 aromatic heterocycles. The first kappa shape index (κ1) is 15.5. The fourth-order valence-corrected chi connectivity index (χ4v) is 3.04. The van der Waals surface area contributed by atoms with Gasteiger partial charge in [-0.1, -0.05) is 31.4 Å². The van der Waals surface area contributed by atoms with Crippen molar-refractivity contribution in [1.29, 1.82) is 0 Å². The van der Waals surface area contributed by atoms with Crippen LogP contribution in [-0.4, -0.2) is 22.5 Å². The van der Waals surface area contributed by atoms with E-state index in [1.807, 2.05) is 0 Å². The Morgan fingerprint density at radius 1 is 1.24 bits per heavy atom. The zero-order valence-corrected chi connectivity index (χ0v) is 11.9. The molecule has 2 N–H and O–H groups in total. The maximum absolute atomic E-state index is 13.1. The number of benzene rings is 1. The number of amides is 1. The van der Waals surface area contributed by atoms with Crippen molar-refractivity contribution in [2.24, 2.45) is 0 Å². The molecule has 0 aliphatic heterocycles. The Kier molecular flexibility index (Phi) is 4.94. The molecule has 1 aromatic rings. The Bertz CT molecular complexity index is 524. The molecule has 0 spiro atoms. The number of nitrogens with one attached hydrogen (secondary N) is 1. The van der Waals surface area contributed by atoms with Crippen molar-refractivity contribution in [2.45, 2.75) is 50.5 Å². The van der Waals surface area contributed by atoms with Crippen molar-refractivity contribution in [3.63, 3.8) is 0 Å². The lowest BCUT2D eigenvalue weighted by Crippen LogP contribution is -2.51. The van der Waals surface area contributed by atoms with E-state index in [2.05, 4.69) is 5.32 Å². The van der Waals surface area contributed by atoms with E-state index in [0.29, 0.717) is 18.4 Å². The number of rotatable bonds is 5. The largest absolute Gasteiger partial charge is 0.481 e. The van der Waals surface area contributed by atoms with E-state index >= 15 is 0 Å². The van der Waals surface area contributed by atoms with E-state index in [0.717, 1.165) is 19.3 Å². The van der Waals surface area contributed by atoms with E-state index in [1.54, 1.807) is 12.1 Å². The number of halogens is 1. The van der Waals surface area contributed by atoms with Gasteiger partial charge in [-0.15, -0.1) is 0 Å². The zero-order chi connectivity index (χ0) is 15.3. The van der Waals surface area contributed by atoms with Crippen LogP contribution in [0, 0.1) is 5.82 Å². The molecule has 2 rings (SSSR count). The first-order valence-corrected chi connectivity index (χ1v) is 7.26. The second-order valence-corrected chi connectivity index (χ2v) is 5.77. The fourth-order valence-electron chi connectivity index (χ4n) is 3.04. The molecule has 0 unspecified atom stereocenters. The molecule has 0 heterocycles. The van der Waals surface area contributed by atoms with Crippen molar-refractivity contribution < 1.29 is 19.1 Å². The average Bonchev–Trinajstić information content (AvgIpc) is 2.38. The van der Waals surface area contributed by atoms with Gasteiger partial charge in [-0.3, -0.25) is 9.59 Å². The van der Waals surface area contributed by atoms with Gasteiger partial charge < -0.3 is 10.4 Å². The summed E-state index contributed by atoms with van der Waals surface area (Å²) in [6, 6.07) is 5.90. The Morgan fingerprint density at radius 2 is 1.95 bits per heavy atom. The van der Waals surface area contributed by atoms with Crippen molar-refractivity contribution in [3.05, 3.63) is 35.6 Å². The molecule has 0 saturated heterocycles. The summed E-state index contributed by atoms with van der Waals surface area (Å²) in [5.74, 6) is -1.52. The van der Waals surface area contributed by atoms with Gasteiger partial charge in [-0.2, -0.15) is 0 Å². The fraction of sp³-hybridized carbons (Fsp3) is 0.500. The van der Waals surface area contributed by atoms with Crippen LogP contribution in [0.2, 0.25) is 0 Å². The number of aliphatic carboxylic acids is 1. The summed E-state index contributed by atoms with van der Waals surface area (Å²) >= 11 is 0. The lowest BCUT2D eigenvalue weighted by molar-refractivity contribution is -0.139. The number of hydrogen-bond donors (Lipinski definition) is 2. The summed E-state index contributed by atoms with van der Waals surface area (Å²) in [6.45, 7) is 0. The van der Waals surface area contributed by atoms with Crippen molar-refractivity contribution in [3.8, 4) is 0 Å². The molecule has 1 saturated carbocycles. The van der Waals surface area contributed by atoms with Crippen LogP contribution in [0.5, 0.6) is 0 Å². The minimum atomic E-state index is -0.900. The van der Waals surface area contributed by atoms with Gasteiger partial charge in [0.25, 0.3) is 0 Å². The molecule has 0 atom stereocenters. The van der Waals surface area contributed by atoms with Crippen LogP contribution in [0.4, 0.5) is 4.39 Å². The molecule has 1 aliphatic rings. The van der Waals surface area contributed by atoms with Gasteiger partial charge in [0.15, 0.2) is 0 Å². The van der Waals surface area contributed by atoms with Crippen LogP contribution in [0.3, 0.4) is 0 Å². The molecular weight excluding hydrogens is 273 g/mol. The third kappa shape index (κ3) is 4.55. The third-order valence-corrected chi connectivity index (χ3v) is 3.96. The van der Waals surface area contributed by atoms with E-state index in [9.17, 15) is 14.0 Å². The number of carboxylic acid groups (broad SMARTS) is 1. The highest BCUT2D eigenvalue weighted by atomic mass is 19.1. The number of hydrogen-bond acceptors (Lipinski definition) is 2. The minimum Gasteiger partial charge on any atom is -0.481 e. The highest BCUT2D eigenvalue weighted by Gasteiger charge is 2.35. The lowest BCUT2D eigenvalue weighted by Gasteiger charge is -2.37. The maximum atomic E-state index is 13.1. The second kappa shape index (κ2) is 6.70. The molecule has 0 bridgehead atoms. The third-order valence-electron chi connectivity index (χ3n) is 3.96. The maximum Gasteiger partial charge on any atom is 0.305 e. The van der Waals surface area contributed by atoms with Gasteiger partial charge in [-0.25, -0.2) is 4.39 Å². The Hall–Kier alpha value is -1.91. The van der Waals surface area contributed by atoms with Gasteiger partial charge in [0.2, 0.25) is 5.91 Å². The quantitative estimate of drug-likeness (QED) is 0.877. The second-order valence-electron chi connectivity index (χ2n) is 5.77. The standard InChI is InChI=1S/C16H20FNO3/c17-13-6-4-5-12(9-13)10-14(19)18-16(11-15(20)21)7-2-1-3-8-16/h4-6,9H,1-3,7-8,10-11H2,(H,18,19)(H,20,21). The lowest BCUT2D eigenvalue weighted by atomic mass is 9.79. The van der Waals surface area contributed by atoms with E-state index in [-0.39, 0.29) is 24.6 Å². The van der Waals surface area contributed by atoms with Crippen molar-refractivity contribution in [2.75, 3.05) is 0 Å². The van der Waals surface area contributed by atoms with Gasteiger partial charge in [0, 0.05) is 0 Å². The predicted octanol–water partition coefficient (Wildman–Crippen LogP) is 2.66. The van der Waals surface area contributed by atoms with Crippen LogP contribution in [-0.2, 0) is 16.0 Å². The van der Waals surface area contributed by atoms with Crippen LogP contribution in [0.25, 0.3) is 0 Å². The molecule has 4 nitrogen and oxygen atoms in total. The number of carbonyl (C=O) groups is 2. The minimum absolute atomic E-state index is 0.0537. The SMILES string of the molecule is O=C(O)CC1(NC(=O)Cc2cccc(F)c2)CCCCC1. The van der Waals surface area contributed by atoms with E-state index < -0.39 is 11.5 Å². The van der Waals surface area contributed by atoms with Gasteiger partial charge in [0.05, 0.1) is 18.4 Å². The summed E-state index contributed by atoms with van der Waals surface area (Å²) in [4.78, 5) is 23.2. The first-order valence-electron chi connectivity index (χ1n) is 7.26. The monoisotopic (exact) mass is 293 g/mol. The van der Waals surface area contributed by atoms with Crippen LogP contribution in [0.1, 0.15) is 44.1 Å². The summed E-state index contributed by atoms with van der Waals surface area (Å²) < 4.78 is 13.1. The Labute approximate surface area is 123 Å². The summed E-state index contributed by atoms with van der Waals surface area (Å²) in [6.07, 6.45) is 4.31. The Balaban J connectivity index is 2.02. The van der Waals surface area contributed by atoms with Gasteiger partial charge in [0.1, 0.15) is 5.82 Å².